The van der Waals surface area contributed by atoms with E-state index in [1.807, 2.05) is 11.3 Å². The van der Waals surface area contributed by atoms with Gasteiger partial charge in [-0.25, -0.2) is 0 Å². The lowest BCUT2D eigenvalue weighted by Gasteiger charge is -2.24. The highest BCUT2D eigenvalue weighted by atomic mass is 32.1. The molecular weight excluding hydrogens is 254 g/mol. The van der Waals surface area contributed by atoms with Crippen LogP contribution in [0.25, 0.3) is 0 Å². The fourth-order valence-corrected chi connectivity index (χ4v) is 4.07. The molecule has 2 rings (SSSR count). The number of nitrogens with one attached hydrogen (secondary N) is 1. The highest BCUT2D eigenvalue weighted by molar-refractivity contribution is 7.11. The summed E-state index contributed by atoms with van der Waals surface area (Å²) in [6.07, 6.45) is 4.95. The highest BCUT2D eigenvalue weighted by Crippen LogP contribution is 2.49. The predicted molar refractivity (Wildman–Crippen MR) is 81.7 cm³/mol. The van der Waals surface area contributed by atoms with Gasteiger partial charge in [0.05, 0.1) is 0 Å². The van der Waals surface area contributed by atoms with E-state index >= 15 is 0 Å². The zero-order valence-electron chi connectivity index (χ0n) is 12.7. The quantitative estimate of drug-likeness (QED) is 0.809. The van der Waals surface area contributed by atoms with Gasteiger partial charge in [0.1, 0.15) is 10.0 Å². The Kier molecular flexibility index (Phi) is 4.96. The molecule has 1 aliphatic carbocycles. The number of hydrogen-bond acceptors (Lipinski definition) is 4. The number of nitrogens with zero attached hydrogens (tertiary/aromatic N) is 2. The van der Waals surface area contributed by atoms with Crippen molar-refractivity contribution in [1.82, 2.24) is 15.5 Å². The average Bonchev–Trinajstić information content (AvgIpc) is 2.90. The Morgan fingerprint density at radius 1 is 1.37 bits per heavy atom. The van der Waals surface area contributed by atoms with Gasteiger partial charge in [0.25, 0.3) is 0 Å². The minimum atomic E-state index is 0.409. The largest absolute Gasteiger partial charge is 0.316 e. The molecule has 0 spiro atoms. The summed E-state index contributed by atoms with van der Waals surface area (Å²) in [6.45, 7) is 11.3. The molecule has 0 saturated heterocycles. The third kappa shape index (κ3) is 3.99. The number of aromatic nitrogens is 2. The second-order valence-electron chi connectivity index (χ2n) is 6.82. The highest BCUT2D eigenvalue weighted by Gasteiger charge is 2.37. The summed E-state index contributed by atoms with van der Waals surface area (Å²) >= 11 is 1.83. The molecule has 19 heavy (non-hydrogen) atoms. The molecule has 1 saturated carbocycles. The van der Waals surface area contributed by atoms with Crippen molar-refractivity contribution in [2.75, 3.05) is 13.1 Å². The molecule has 0 bridgehead atoms. The fraction of sp³-hybridized carbons (Fsp3) is 0.867. The zero-order chi connectivity index (χ0) is 13.9. The Morgan fingerprint density at radius 2 is 2.16 bits per heavy atom. The van der Waals surface area contributed by atoms with Gasteiger partial charge in [-0.2, -0.15) is 0 Å². The van der Waals surface area contributed by atoms with E-state index in [-0.39, 0.29) is 0 Å². The van der Waals surface area contributed by atoms with Gasteiger partial charge in [0.2, 0.25) is 0 Å². The SMILES string of the molecule is CC(C)CNCCc1nnc(C2CCCC2(C)C)s1. The molecule has 1 fully saturated rings. The van der Waals surface area contributed by atoms with Crippen LogP contribution in [0.4, 0.5) is 0 Å². The van der Waals surface area contributed by atoms with Gasteiger partial charge in [0, 0.05) is 18.9 Å². The van der Waals surface area contributed by atoms with Crippen molar-refractivity contribution in [3.05, 3.63) is 10.0 Å². The van der Waals surface area contributed by atoms with Crippen LogP contribution in [0.15, 0.2) is 0 Å². The van der Waals surface area contributed by atoms with Crippen LogP contribution in [0.5, 0.6) is 0 Å². The first-order chi connectivity index (χ1) is 8.99. The van der Waals surface area contributed by atoms with Crippen molar-refractivity contribution in [3.63, 3.8) is 0 Å². The van der Waals surface area contributed by atoms with Crippen molar-refractivity contribution in [2.24, 2.45) is 11.3 Å². The maximum absolute atomic E-state index is 4.45. The van der Waals surface area contributed by atoms with Crippen molar-refractivity contribution in [3.8, 4) is 0 Å². The summed E-state index contributed by atoms with van der Waals surface area (Å²) in [5.41, 5.74) is 0.409. The molecule has 3 nitrogen and oxygen atoms in total. The van der Waals surface area contributed by atoms with E-state index in [1.165, 1.54) is 29.3 Å². The smallest absolute Gasteiger partial charge is 0.121 e. The van der Waals surface area contributed by atoms with Crippen LogP contribution in [-0.4, -0.2) is 23.3 Å². The standard InChI is InChI=1S/C15H27N3S/c1-11(2)10-16-9-7-13-17-18-14(19-13)12-6-5-8-15(12,3)4/h11-12,16H,5-10H2,1-4H3. The molecule has 1 N–H and O–H groups in total. The number of hydrogen-bond donors (Lipinski definition) is 1. The lowest BCUT2D eigenvalue weighted by molar-refractivity contribution is 0.330. The van der Waals surface area contributed by atoms with E-state index < -0.39 is 0 Å². The topological polar surface area (TPSA) is 37.8 Å². The molecule has 1 aromatic heterocycles. The van der Waals surface area contributed by atoms with E-state index in [1.54, 1.807) is 0 Å². The minimum absolute atomic E-state index is 0.409. The van der Waals surface area contributed by atoms with Crippen LogP contribution < -0.4 is 5.32 Å². The lowest BCUT2D eigenvalue weighted by atomic mass is 9.82. The lowest BCUT2D eigenvalue weighted by Crippen LogP contribution is -2.22. The molecule has 0 radical (unpaired) electrons. The molecular formula is C15H27N3S. The molecule has 0 aliphatic heterocycles. The second kappa shape index (κ2) is 6.31. The maximum Gasteiger partial charge on any atom is 0.121 e. The van der Waals surface area contributed by atoms with Gasteiger partial charge in [-0.3, -0.25) is 0 Å². The Bertz CT molecular complexity index is 398. The van der Waals surface area contributed by atoms with E-state index in [9.17, 15) is 0 Å². The first-order valence-corrected chi connectivity index (χ1v) is 8.33. The van der Waals surface area contributed by atoms with E-state index in [0.29, 0.717) is 17.3 Å². The molecule has 4 heteroatoms. The van der Waals surface area contributed by atoms with E-state index in [0.717, 1.165) is 19.5 Å². The van der Waals surface area contributed by atoms with Crippen molar-refractivity contribution < 1.29 is 0 Å². The van der Waals surface area contributed by atoms with Crippen molar-refractivity contribution >= 4 is 11.3 Å². The molecule has 1 unspecified atom stereocenters. The normalized spacial score (nSPS) is 22.3. The summed E-state index contributed by atoms with van der Waals surface area (Å²) in [7, 11) is 0. The zero-order valence-corrected chi connectivity index (χ0v) is 13.5. The van der Waals surface area contributed by atoms with Gasteiger partial charge in [-0.1, -0.05) is 34.1 Å². The second-order valence-corrected chi connectivity index (χ2v) is 7.91. The first kappa shape index (κ1) is 14.9. The Hall–Kier alpha value is -0.480. The molecule has 1 aromatic rings. The monoisotopic (exact) mass is 281 g/mol. The van der Waals surface area contributed by atoms with Crippen LogP contribution in [0.1, 0.15) is 62.9 Å². The summed E-state index contributed by atoms with van der Waals surface area (Å²) in [6, 6.07) is 0. The Balaban J connectivity index is 1.85. The van der Waals surface area contributed by atoms with Gasteiger partial charge < -0.3 is 5.32 Å². The van der Waals surface area contributed by atoms with E-state index in [2.05, 4.69) is 43.2 Å². The molecule has 1 aliphatic rings. The minimum Gasteiger partial charge on any atom is -0.316 e. The molecule has 1 atom stereocenters. The van der Waals surface area contributed by atoms with E-state index in [4.69, 9.17) is 0 Å². The Labute approximate surface area is 121 Å². The van der Waals surface area contributed by atoms with Gasteiger partial charge in [-0.05, 0) is 30.7 Å². The Morgan fingerprint density at radius 3 is 2.79 bits per heavy atom. The summed E-state index contributed by atoms with van der Waals surface area (Å²) in [5.74, 6) is 1.34. The van der Waals surface area contributed by atoms with Gasteiger partial charge in [0.15, 0.2) is 0 Å². The van der Waals surface area contributed by atoms with Crippen molar-refractivity contribution in [2.45, 2.75) is 59.3 Å². The van der Waals surface area contributed by atoms with Crippen molar-refractivity contribution in [1.29, 1.82) is 0 Å². The van der Waals surface area contributed by atoms with Gasteiger partial charge >= 0.3 is 0 Å². The third-order valence-electron chi connectivity index (χ3n) is 4.11. The fourth-order valence-electron chi connectivity index (χ4n) is 2.88. The summed E-state index contributed by atoms with van der Waals surface area (Å²) in [5, 5.41) is 14.7. The van der Waals surface area contributed by atoms with Crippen LogP contribution in [0, 0.1) is 11.3 Å². The summed E-state index contributed by atoms with van der Waals surface area (Å²) < 4.78 is 0. The average molecular weight is 281 g/mol. The number of rotatable bonds is 6. The molecule has 1 heterocycles. The van der Waals surface area contributed by atoms with Crippen LogP contribution in [-0.2, 0) is 6.42 Å². The molecule has 108 valence electrons. The van der Waals surface area contributed by atoms with Crippen LogP contribution >= 0.6 is 11.3 Å². The summed E-state index contributed by atoms with van der Waals surface area (Å²) in [4.78, 5) is 0. The van der Waals surface area contributed by atoms with Gasteiger partial charge in [-0.15, -0.1) is 21.5 Å². The molecule has 0 amide bonds. The maximum atomic E-state index is 4.45. The van der Waals surface area contributed by atoms with Crippen LogP contribution in [0.3, 0.4) is 0 Å². The van der Waals surface area contributed by atoms with Crippen LogP contribution in [0.2, 0.25) is 0 Å². The predicted octanol–water partition coefficient (Wildman–Crippen LogP) is 3.62. The third-order valence-corrected chi connectivity index (χ3v) is 5.20. The first-order valence-electron chi connectivity index (χ1n) is 7.52. The molecule has 0 aromatic carbocycles.